The molecular weight excluding hydrogens is 487 g/mol. The molecule has 0 unspecified atom stereocenters. The van der Waals surface area contributed by atoms with Gasteiger partial charge in [0.25, 0.3) is 5.91 Å². The lowest BCUT2D eigenvalue weighted by atomic mass is 9.98. The normalized spacial score (nSPS) is 24.8. The highest BCUT2D eigenvalue weighted by atomic mass is 32.2. The molecule has 4 aliphatic rings. The number of halogens is 1. The number of hydrogen-bond donors (Lipinski definition) is 0. The monoisotopic (exact) mass is 518 g/mol. The Morgan fingerprint density at radius 1 is 1.00 bits per heavy atom. The number of ether oxygens (including phenoxy) is 2. The molecular formula is C25H31FN4O5S. The minimum Gasteiger partial charge on any atom is -0.381 e. The van der Waals surface area contributed by atoms with Crippen molar-refractivity contribution in [3.05, 3.63) is 35.3 Å². The third-order valence-corrected chi connectivity index (χ3v) is 9.56. The molecule has 0 spiro atoms. The number of fused-ring (bicyclic) bond motifs is 3. The van der Waals surface area contributed by atoms with E-state index >= 15 is 0 Å². The maximum absolute atomic E-state index is 14.9. The number of carbonyl (C=O) groups is 1. The van der Waals surface area contributed by atoms with Crippen molar-refractivity contribution in [3.63, 3.8) is 0 Å². The van der Waals surface area contributed by atoms with Gasteiger partial charge in [0.2, 0.25) is 0 Å². The Morgan fingerprint density at radius 3 is 2.53 bits per heavy atom. The average molecular weight is 519 g/mol. The molecule has 9 nitrogen and oxygen atoms in total. The fourth-order valence-corrected chi connectivity index (χ4v) is 7.74. The van der Waals surface area contributed by atoms with Crippen LogP contribution in [-0.4, -0.2) is 92.6 Å². The second-order valence-electron chi connectivity index (χ2n) is 10.0. The van der Waals surface area contributed by atoms with Gasteiger partial charge in [-0.05, 0) is 38.3 Å². The summed E-state index contributed by atoms with van der Waals surface area (Å²) < 4.78 is 54.1. The van der Waals surface area contributed by atoms with E-state index in [0.29, 0.717) is 49.2 Å². The van der Waals surface area contributed by atoms with Crippen LogP contribution in [0.1, 0.15) is 47.8 Å². The second kappa shape index (κ2) is 9.51. The van der Waals surface area contributed by atoms with Gasteiger partial charge in [-0.15, -0.1) is 0 Å². The first-order valence-electron chi connectivity index (χ1n) is 12.8. The predicted molar refractivity (Wildman–Crippen MR) is 129 cm³/mol. The van der Waals surface area contributed by atoms with Crippen LogP contribution in [0, 0.1) is 5.82 Å². The highest BCUT2D eigenvalue weighted by Gasteiger charge is 2.40. The smallest absolute Gasteiger partial charge is 0.274 e. The average Bonchev–Trinajstić information content (AvgIpc) is 3.28. The van der Waals surface area contributed by atoms with Gasteiger partial charge in [0.05, 0.1) is 30.7 Å². The SMILES string of the molecule is O=C(c1nn([C@H]2CCCN(C3CCOCC3)C2)c2c1CS(=O)(=O)c1c(F)cccc1-2)N1CCOCC1. The number of piperidine rings is 1. The molecule has 3 fully saturated rings. The summed E-state index contributed by atoms with van der Waals surface area (Å²) in [6.07, 6.45) is 3.79. The highest BCUT2D eigenvalue weighted by Crippen LogP contribution is 2.43. The molecule has 1 aromatic heterocycles. The summed E-state index contributed by atoms with van der Waals surface area (Å²) in [6, 6.07) is 4.73. The van der Waals surface area contributed by atoms with Crippen LogP contribution in [-0.2, 0) is 25.1 Å². The van der Waals surface area contributed by atoms with Crippen LogP contribution in [0.2, 0.25) is 0 Å². The molecule has 6 rings (SSSR count). The molecule has 1 atom stereocenters. The highest BCUT2D eigenvalue weighted by molar-refractivity contribution is 7.91. The van der Waals surface area contributed by atoms with E-state index in [4.69, 9.17) is 14.6 Å². The minimum atomic E-state index is -3.97. The number of benzene rings is 1. The molecule has 5 heterocycles. The van der Waals surface area contributed by atoms with Crippen molar-refractivity contribution in [2.24, 2.45) is 0 Å². The van der Waals surface area contributed by atoms with Crippen molar-refractivity contribution in [2.75, 3.05) is 52.6 Å². The summed E-state index contributed by atoms with van der Waals surface area (Å²) in [5.74, 6) is -1.49. The van der Waals surface area contributed by atoms with Crippen LogP contribution in [0.25, 0.3) is 11.3 Å². The summed E-state index contributed by atoms with van der Waals surface area (Å²) in [7, 11) is -3.97. The first-order valence-corrected chi connectivity index (χ1v) is 14.4. The number of sulfone groups is 1. The quantitative estimate of drug-likeness (QED) is 0.615. The molecule has 1 aromatic carbocycles. The third-order valence-electron chi connectivity index (χ3n) is 7.86. The Balaban J connectivity index is 1.45. The summed E-state index contributed by atoms with van der Waals surface area (Å²) in [5, 5.41) is 4.81. The number of hydrogen-bond acceptors (Lipinski definition) is 7. The zero-order valence-corrected chi connectivity index (χ0v) is 21.0. The van der Waals surface area contributed by atoms with Gasteiger partial charge >= 0.3 is 0 Å². The third kappa shape index (κ3) is 4.15. The lowest BCUT2D eigenvalue weighted by molar-refractivity contribution is 0.0180. The van der Waals surface area contributed by atoms with Gasteiger partial charge in [-0.25, -0.2) is 12.8 Å². The number of carbonyl (C=O) groups excluding carboxylic acids is 1. The summed E-state index contributed by atoms with van der Waals surface area (Å²) >= 11 is 0. The lowest BCUT2D eigenvalue weighted by Crippen LogP contribution is -2.46. The molecule has 2 aromatic rings. The van der Waals surface area contributed by atoms with Gasteiger partial charge in [0.1, 0.15) is 10.7 Å². The van der Waals surface area contributed by atoms with E-state index in [9.17, 15) is 17.6 Å². The summed E-state index contributed by atoms with van der Waals surface area (Å²) in [5.41, 5.74) is 1.41. The Kier molecular flexibility index (Phi) is 6.35. The molecule has 0 bridgehead atoms. The molecule has 36 heavy (non-hydrogen) atoms. The van der Waals surface area contributed by atoms with Gasteiger partial charge in [-0.3, -0.25) is 14.4 Å². The van der Waals surface area contributed by atoms with Gasteiger partial charge in [0.15, 0.2) is 15.5 Å². The Bertz CT molecular complexity index is 1270. The molecule has 0 saturated carbocycles. The van der Waals surface area contributed by atoms with Crippen molar-refractivity contribution in [1.82, 2.24) is 19.6 Å². The molecule has 0 N–H and O–H groups in total. The van der Waals surface area contributed by atoms with E-state index in [1.54, 1.807) is 11.0 Å². The van der Waals surface area contributed by atoms with Crippen molar-refractivity contribution in [2.45, 2.75) is 48.4 Å². The largest absolute Gasteiger partial charge is 0.381 e. The molecule has 1 amide bonds. The molecule has 4 aliphatic heterocycles. The number of aromatic nitrogens is 2. The van der Waals surface area contributed by atoms with Crippen LogP contribution < -0.4 is 0 Å². The van der Waals surface area contributed by atoms with Crippen LogP contribution in [0.5, 0.6) is 0 Å². The van der Waals surface area contributed by atoms with Gasteiger partial charge in [-0.1, -0.05) is 12.1 Å². The molecule has 11 heteroatoms. The van der Waals surface area contributed by atoms with E-state index < -0.39 is 21.4 Å². The van der Waals surface area contributed by atoms with Crippen molar-refractivity contribution in [3.8, 4) is 11.3 Å². The Labute approximate surface area is 210 Å². The lowest BCUT2D eigenvalue weighted by Gasteiger charge is -2.40. The number of likely N-dealkylation sites (tertiary alicyclic amines) is 1. The Hall–Kier alpha value is -2.34. The molecule has 3 saturated heterocycles. The summed E-state index contributed by atoms with van der Waals surface area (Å²) in [6.45, 7) is 4.98. The summed E-state index contributed by atoms with van der Waals surface area (Å²) in [4.78, 5) is 17.4. The second-order valence-corrected chi connectivity index (χ2v) is 12.0. The topological polar surface area (TPSA) is 94.0 Å². The molecule has 0 radical (unpaired) electrons. The number of amides is 1. The van der Waals surface area contributed by atoms with Crippen molar-refractivity contribution < 1.29 is 27.1 Å². The fraction of sp³-hybridized carbons (Fsp3) is 0.600. The minimum absolute atomic E-state index is 0.0431. The molecule has 0 aliphatic carbocycles. The van der Waals surface area contributed by atoms with Gasteiger partial charge in [-0.2, -0.15) is 5.10 Å². The number of rotatable bonds is 3. The van der Waals surface area contributed by atoms with Gasteiger partial charge in [0, 0.05) is 50.0 Å². The van der Waals surface area contributed by atoms with E-state index in [0.717, 1.165) is 52.0 Å². The zero-order valence-electron chi connectivity index (χ0n) is 20.2. The van der Waals surface area contributed by atoms with Crippen LogP contribution in [0.4, 0.5) is 4.39 Å². The van der Waals surface area contributed by atoms with Crippen LogP contribution in [0.3, 0.4) is 0 Å². The molecule has 194 valence electrons. The van der Waals surface area contributed by atoms with E-state index in [1.165, 1.54) is 12.1 Å². The van der Waals surface area contributed by atoms with E-state index in [-0.39, 0.29) is 22.5 Å². The fourth-order valence-electron chi connectivity index (χ4n) is 6.08. The maximum Gasteiger partial charge on any atom is 0.274 e. The van der Waals surface area contributed by atoms with Crippen LogP contribution in [0.15, 0.2) is 23.1 Å². The maximum atomic E-state index is 14.9. The van der Waals surface area contributed by atoms with E-state index in [2.05, 4.69) is 4.90 Å². The van der Waals surface area contributed by atoms with Gasteiger partial charge < -0.3 is 14.4 Å². The first-order chi connectivity index (χ1) is 17.4. The number of nitrogens with zero attached hydrogens (tertiary/aromatic N) is 4. The van der Waals surface area contributed by atoms with E-state index in [1.807, 2.05) is 4.68 Å². The Morgan fingerprint density at radius 2 is 1.75 bits per heavy atom. The predicted octanol–water partition coefficient (Wildman–Crippen LogP) is 2.26. The first kappa shape index (κ1) is 24.0. The van der Waals surface area contributed by atoms with Crippen molar-refractivity contribution >= 4 is 15.7 Å². The van der Waals surface area contributed by atoms with Crippen molar-refractivity contribution in [1.29, 1.82) is 0 Å². The number of morpholine rings is 1. The van der Waals surface area contributed by atoms with Crippen LogP contribution >= 0.6 is 0 Å². The standard InChI is InChI=1S/C25H31FN4O5S/c26-21-5-1-4-19-23-20(16-36(32,33)24(19)21)22(25(31)28-9-13-35-14-10-28)27-30(23)18-3-2-8-29(15-18)17-6-11-34-12-7-17/h1,4-5,17-18H,2-3,6-16H2/t18-/m0/s1. The zero-order chi connectivity index (χ0) is 24.9.